The second-order valence-corrected chi connectivity index (χ2v) is 6.74. The normalized spacial score (nSPS) is 10.4. The molecule has 3 aromatic rings. The van der Waals surface area contributed by atoms with Gasteiger partial charge in [-0.1, -0.05) is 0 Å². The number of methoxy groups -OCH3 is 1. The molecule has 0 amide bonds. The van der Waals surface area contributed by atoms with Gasteiger partial charge in [0.25, 0.3) is 0 Å². The zero-order chi connectivity index (χ0) is 13.8. The minimum atomic E-state index is -0.535. The van der Waals surface area contributed by atoms with Gasteiger partial charge < -0.3 is 0 Å². The molecule has 0 atom stereocenters. The molecule has 2 aromatic carbocycles. The minimum absolute atomic E-state index is 0.535. The van der Waals surface area contributed by atoms with Crippen LogP contribution in [0.3, 0.4) is 0 Å². The monoisotopic (exact) mass is 381 g/mol. The number of hydrogen-bond acceptors (Lipinski definition) is 1. The van der Waals surface area contributed by atoms with Gasteiger partial charge in [0, 0.05) is 0 Å². The molecular weight excluding hydrogens is 364 g/mol. The summed E-state index contributed by atoms with van der Waals surface area (Å²) in [4.78, 5) is 0. The summed E-state index contributed by atoms with van der Waals surface area (Å²) in [6.07, 6.45) is 0.852. The Morgan fingerprint density at radius 1 is 1.00 bits per heavy atom. The van der Waals surface area contributed by atoms with Gasteiger partial charge in [-0.2, -0.15) is 0 Å². The summed E-state index contributed by atoms with van der Waals surface area (Å²) in [7, 11) is 1.68. The van der Waals surface area contributed by atoms with Crippen molar-refractivity contribution in [3.63, 3.8) is 0 Å². The van der Waals surface area contributed by atoms with Gasteiger partial charge in [-0.05, 0) is 0 Å². The summed E-state index contributed by atoms with van der Waals surface area (Å²) >= 11 is -0.535. The Morgan fingerprint density at radius 2 is 1.75 bits per heavy atom. The van der Waals surface area contributed by atoms with E-state index in [2.05, 4.69) is 42.5 Å². The first-order valence-corrected chi connectivity index (χ1v) is 8.57. The molecule has 0 fully saturated rings. The van der Waals surface area contributed by atoms with E-state index in [-0.39, 0.29) is 0 Å². The molecule has 0 bridgehead atoms. The summed E-state index contributed by atoms with van der Waals surface area (Å²) in [6, 6.07) is 20.9. The van der Waals surface area contributed by atoms with Crippen molar-refractivity contribution in [2.24, 2.45) is 0 Å². The van der Waals surface area contributed by atoms with E-state index in [0.29, 0.717) is 0 Å². The van der Waals surface area contributed by atoms with E-state index in [1.807, 2.05) is 18.2 Å². The van der Waals surface area contributed by atoms with Crippen molar-refractivity contribution >= 4 is 20.9 Å². The molecule has 3 rings (SSSR count). The van der Waals surface area contributed by atoms with Crippen LogP contribution in [0.4, 0.5) is 0 Å². The zero-order valence-electron chi connectivity index (χ0n) is 11.2. The Morgan fingerprint density at radius 3 is 2.45 bits per heavy atom. The predicted octanol–water partition coefficient (Wildman–Crippen LogP) is 3.88. The molecule has 1 heterocycles. The molecule has 0 spiro atoms. The standard InChI is InChI=1S/C17H15O2Te/c1-18-15-9-7-13(8-10-15)11-16-12-17(20-19-16)14-5-3-2-4-6-14/h2-10,12H,11H2,1H3/q+1. The van der Waals surface area contributed by atoms with Crippen LogP contribution in [0.25, 0.3) is 9.14 Å². The topological polar surface area (TPSA) is 20.5 Å². The van der Waals surface area contributed by atoms with Crippen molar-refractivity contribution in [1.29, 1.82) is 0 Å². The second-order valence-electron chi connectivity index (χ2n) is 4.53. The number of rotatable bonds is 4. The van der Waals surface area contributed by atoms with E-state index in [1.54, 1.807) is 7.11 Å². The summed E-state index contributed by atoms with van der Waals surface area (Å²) < 4.78 is 12.4. The molecule has 20 heavy (non-hydrogen) atoms. The third kappa shape index (κ3) is 3.12. The predicted molar refractivity (Wildman–Crippen MR) is 81.3 cm³/mol. The molecule has 0 N–H and O–H groups in total. The summed E-state index contributed by atoms with van der Waals surface area (Å²) in [5.74, 6) is 1.97. The van der Waals surface area contributed by atoms with Crippen LogP contribution in [0.15, 0.2) is 63.4 Å². The van der Waals surface area contributed by atoms with Gasteiger partial charge in [0.05, 0.1) is 0 Å². The Labute approximate surface area is 128 Å². The quantitative estimate of drug-likeness (QED) is 0.507. The molecule has 0 aliphatic rings. The summed E-state index contributed by atoms with van der Waals surface area (Å²) in [5, 5.41) is 0. The molecule has 0 radical (unpaired) electrons. The molecule has 0 saturated heterocycles. The molecule has 0 unspecified atom stereocenters. The Hall–Kier alpha value is -1.56. The fourth-order valence-electron chi connectivity index (χ4n) is 2.05. The van der Waals surface area contributed by atoms with E-state index in [4.69, 9.17) is 7.49 Å². The van der Waals surface area contributed by atoms with Crippen molar-refractivity contribution in [2.75, 3.05) is 7.11 Å². The van der Waals surface area contributed by atoms with Crippen LogP contribution in [0.2, 0.25) is 0 Å². The maximum atomic E-state index is 5.90. The van der Waals surface area contributed by atoms with Crippen molar-refractivity contribution in [1.82, 2.24) is 0 Å². The fraction of sp³-hybridized carbons (Fsp3) is 0.118. The Kier molecular flexibility index (Phi) is 4.20. The van der Waals surface area contributed by atoms with E-state index in [0.717, 1.165) is 17.9 Å². The van der Waals surface area contributed by atoms with E-state index in [1.165, 1.54) is 14.7 Å². The van der Waals surface area contributed by atoms with Crippen LogP contribution >= 0.6 is 0 Å². The Balaban J connectivity index is 1.77. The van der Waals surface area contributed by atoms with E-state index < -0.39 is 20.9 Å². The molecule has 100 valence electrons. The third-order valence-corrected chi connectivity index (χ3v) is 5.50. The van der Waals surface area contributed by atoms with Crippen LogP contribution in [-0.4, -0.2) is 28.0 Å². The van der Waals surface area contributed by atoms with Crippen molar-refractivity contribution in [2.45, 2.75) is 6.42 Å². The molecule has 1 aromatic heterocycles. The summed E-state index contributed by atoms with van der Waals surface area (Å²) in [6.45, 7) is 0. The fourth-order valence-corrected chi connectivity index (χ4v) is 4.09. The van der Waals surface area contributed by atoms with Crippen LogP contribution in [0.5, 0.6) is 5.75 Å². The first-order valence-electron chi connectivity index (χ1n) is 6.45. The average molecular weight is 379 g/mol. The number of benzene rings is 2. The molecule has 0 saturated carbocycles. The van der Waals surface area contributed by atoms with Crippen molar-refractivity contribution in [3.8, 4) is 14.9 Å². The van der Waals surface area contributed by atoms with Crippen LogP contribution < -0.4 is 4.74 Å². The van der Waals surface area contributed by atoms with Crippen molar-refractivity contribution < 1.29 is 7.49 Å². The van der Waals surface area contributed by atoms with Gasteiger partial charge in [-0.3, -0.25) is 0 Å². The zero-order valence-corrected chi connectivity index (χ0v) is 13.5. The van der Waals surface area contributed by atoms with Crippen molar-refractivity contribution in [3.05, 3.63) is 72.0 Å². The van der Waals surface area contributed by atoms with Gasteiger partial charge in [-0.25, -0.2) is 0 Å². The summed E-state index contributed by atoms with van der Waals surface area (Å²) in [5.41, 5.74) is 2.54. The average Bonchev–Trinajstić information content (AvgIpc) is 2.97. The first-order chi connectivity index (χ1) is 9.85. The first kappa shape index (κ1) is 13.4. The Bertz CT molecular complexity index is 672. The van der Waals surface area contributed by atoms with Gasteiger partial charge >= 0.3 is 129 Å². The van der Waals surface area contributed by atoms with Crippen LogP contribution in [-0.2, 0) is 6.42 Å². The third-order valence-electron chi connectivity index (χ3n) is 3.13. The maximum absolute atomic E-state index is 5.90. The second kappa shape index (κ2) is 6.26. The molecule has 2 nitrogen and oxygen atoms in total. The number of hydrogen-bond donors (Lipinski definition) is 0. The molecule has 0 aliphatic heterocycles. The van der Waals surface area contributed by atoms with Gasteiger partial charge in [-0.15, -0.1) is 0 Å². The molecule has 0 aliphatic carbocycles. The van der Waals surface area contributed by atoms with Gasteiger partial charge in [0.1, 0.15) is 0 Å². The van der Waals surface area contributed by atoms with Crippen LogP contribution in [0.1, 0.15) is 11.3 Å². The SMILES string of the molecule is COc1ccc(Cc2cc(-c3ccccc3)[te][o+]2)cc1. The van der Waals surface area contributed by atoms with E-state index >= 15 is 0 Å². The van der Waals surface area contributed by atoms with Gasteiger partial charge in [0.2, 0.25) is 0 Å². The van der Waals surface area contributed by atoms with Crippen LogP contribution in [0, 0.1) is 0 Å². The number of ether oxygens (including phenoxy) is 1. The molecule has 3 heteroatoms. The van der Waals surface area contributed by atoms with E-state index in [9.17, 15) is 0 Å². The molecular formula is C17H15O2Te+. The van der Waals surface area contributed by atoms with Gasteiger partial charge in [0.15, 0.2) is 0 Å².